The van der Waals surface area contributed by atoms with Gasteiger partial charge in [-0.3, -0.25) is 4.79 Å². The number of phenolic OH excluding ortho intramolecular Hbond substituents is 1. The molecule has 0 saturated carbocycles. The normalized spacial score (nSPS) is 11.9. The summed E-state index contributed by atoms with van der Waals surface area (Å²) in [4.78, 5) is 12.4. The molecule has 3 nitrogen and oxygen atoms in total. The highest BCUT2D eigenvalue weighted by molar-refractivity contribution is 6.10. The standard InChI is InChI=1S/C21H25O3/c1-3-5-12-17(9-4-2)24-18-13-14-19(20(22)15-18)21(23)16-10-7-6-8-11-16/h6-8,10-11,13-15,17,22H,2-5,9,12H2,1H3. The highest BCUT2D eigenvalue weighted by atomic mass is 16.5. The van der Waals surface area contributed by atoms with E-state index in [4.69, 9.17) is 4.74 Å². The number of benzene rings is 2. The molecule has 0 aromatic heterocycles. The zero-order valence-electron chi connectivity index (χ0n) is 14.2. The summed E-state index contributed by atoms with van der Waals surface area (Å²) in [5.74, 6) is 0.344. The number of phenols is 1. The Morgan fingerprint density at radius 3 is 2.54 bits per heavy atom. The number of unbranched alkanes of at least 4 members (excludes halogenated alkanes) is 1. The van der Waals surface area contributed by atoms with Crippen LogP contribution < -0.4 is 4.74 Å². The zero-order chi connectivity index (χ0) is 17.4. The molecule has 1 N–H and O–H groups in total. The van der Waals surface area contributed by atoms with Crippen LogP contribution in [0.4, 0.5) is 0 Å². The molecule has 1 unspecified atom stereocenters. The van der Waals surface area contributed by atoms with Crippen LogP contribution in [-0.4, -0.2) is 17.0 Å². The van der Waals surface area contributed by atoms with Crippen molar-refractivity contribution in [3.8, 4) is 11.5 Å². The Bertz CT molecular complexity index is 649. The fourth-order valence-corrected chi connectivity index (χ4v) is 2.64. The van der Waals surface area contributed by atoms with Crippen molar-refractivity contribution in [2.75, 3.05) is 0 Å². The van der Waals surface area contributed by atoms with Gasteiger partial charge in [-0.05, 0) is 31.4 Å². The number of ether oxygens (including phenoxy) is 1. The van der Waals surface area contributed by atoms with Crippen molar-refractivity contribution in [2.45, 2.75) is 45.1 Å². The van der Waals surface area contributed by atoms with Crippen LogP contribution in [0, 0.1) is 6.92 Å². The lowest BCUT2D eigenvalue weighted by Crippen LogP contribution is -2.16. The molecule has 0 fully saturated rings. The van der Waals surface area contributed by atoms with E-state index in [-0.39, 0.29) is 23.2 Å². The topological polar surface area (TPSA) is 46.5 Å². The van der Waals surface area contributed by atoms with Gasteiger partial charge in [0.25, 0.3) is 0 Å². The molecule has 0 aliphatic rings. The second kappa shape index (κ2) is 9.11. The SMILES string of the molecule is [CH2]CCC(CCCC)Oc1ccc(C(=O)c2ccccc2)c(O)c1. The molecule has 127 valence electrons. The summed E-state index contributed by atoms with van der Waals surface area (Å²) in [5.41, 5.74) is 0.843. The summed E-state index contributed by atoms with van der Waals surface area (Å²) in [7, 11) is 0. The van der Waals surface area contributed by atoms with Gasteiger partial charge in [0, 0.05) is 11.6 Å². The van der Waals surface area contributed by atoms with Gasteiger partial charge in [0.05, 0.1) is 11.7 Å². The van der Waals surface area contributed by atoms with E-state index in [9.17, 15) is 9.90 Å². The second-order valence-electron chi connectivity index (χ2n) is 5.90. The molecule has 0 aliphatic carbocycles. The lowest BCUT2D eigenvalue weighted by atomic mass is 10.0. The molecule has 3 heteroatoms. The van der Waals surface area contributed by atoms with E-state index in [1.807, 2.05) is 6.07 Å². The van der Waals surface area contributed by atoms with Crippen molar-refractivity contribution in [2.24, 2.45) is 0 Å². The van der Waals surface area contributed by atoms with Gasteiger partial charge in [-0.1, -0.05) is 57.0 Å². The lowest BCUT2D eigenvalue weighted by Gasteiger charge is -2.19. The predicted molar refractivity (Wildman–Crippen MR) is 96.5 cm³/mol. The van der Waals surface area contributed by atoms with E-state index >= 15 is 0 Å². The molecule has 0 heterocycles. The smallest absolute Gasteiger partial charge is 0.196 e. The van der Waals surface area contributed by atoms with E-state index in [2.05, 4.69) is 13.8 Å². The van der Waals surface area contributed by atoms with Gasteiger partial charge in [-0.2, -0.15) is 0 Å². The monoisotopic (exact) mass is 325 g/mol. The summed E-state index contributed by atoms with van der Waals surface area (Å²) in [6.07, 6.45) is 4.97. The summed E-state index contributed by atoms with van der Waals surface area (Å²) < 4.78 is 5.97. The number of carbonyl (C=O) groups excluding carboxylic acids is 1. The van der Waals surface area contributed by atoms with Crippen molar-refractivity contribution in [1.29, 1.82) is 0 Å². The Balaban J connectivity index is 2.12. The number of carbonyl (C=O) groups is 1. The van der Waals surface area contributed by atoms with Crippen molar-refractivity contribution < 1.29 is 14.6 Å². The molecule has 2 aromatic carbocycles. The maximum Gasteiger partial charge on any atom is 0.196 e. The summed E-state index contributed by atoms with van der Waals surface area (Å²) in [6, 6.07) is 13.8. The minimum atomic E-state index is -0.194. The third-order valence-electron chi connectivity index (χ3n) is 3.96. The molecule has 0 saturated heterocycles. The number of rotatable bonds is 9. The van der Waals surface area contributed by atoms with Crippen molar-refractivity contribution in [3.05, 3.63) is 66.6 Å². The number of ketones is 1. The van der Waals surface area contributed by atoms with Crippen LogP contribution in [0.5, 0.6) is 11.5 Å². The van der Waals surface area contributed by atoms with Gasteiger partial charge in [0.15, 0.2) is 5.78 Å². The van der Waals surface area contributed by atoms with Crippen LogP contribution in [0.3, 0.4) is 0 Å². The van der Waals surface area contributed by atoms with Crippen LogP contribution >= 0.6 is 0 Å². The molecule has 0 amide bonds. The average molecular weight is 325 g/mol. The minimum absolute atomic E-state index is 0.0507. The van der Waals surface area contributed by atoms with E-state index in [1.165, 1.54) is 6.07 Å². The first-order valence-corrected chi connectivity index (χ1v) is 8.54. The van der Waals surface area contributed by atoms with Gasteiger partial charge >= 0.3 is 0 Å². The maximum absolute atomic E-state index is 12.4. The Morgan fingerprint density at radius 2 is 1.92 bits per heavy atom. The molecular weight excluding hydrogens is 300 g/mol. The molecule has 2 aromatic rings. The molecule has 0 aliphatic heterocycles. The molecule has 0 spiro atoms. The molecule has 2 rings (SSSR count). The molecule has 1 atom stereocenters. The van der Waals surface area contributed by atoms with Crippen molar-refractivity contribution in [3.63, 3.8) is 0 Å². The number of hydrogen-bond acceptors (Lipinski definition) is 3. The molecular formula is C21H25O3. The predicted octanol–water partition coefficient (Wildman–Crippen LogP) is 5.18. The van der Waals surface area contributed by atoms with Gasteiger partial charge in [-0.15, -0.1) is 0 Å². The average Bonchev–Trinajstić information content (AvgIpc) is 2.60. The van der Waals surface area contributed by atoms with Crippen molar-refractivity contribution >= 4 is 5.78 Å². The Hall–Kier alpha value is -2.29. The Labute approximate surface area is 144 Å². The van der Waals surface area contributed by atoms with Crippen LogP contribution in [0.15, 0.2) is 48.5 Å². The largest absolute Gasteiger partial charge is 0.507 e. The quantitative estimate of drug-likeness (QED) is 0.647. The molecule has 1 radical (unpaired) electrons. The summed E-state index contributed by atoms with van der Waals surface area (Å²) >= 11 is 0. The van der Waals surface area contributed by atoms with Gasteiger partial charge < -0.3 is 9.84 Å². The maximum atomic E-state index is 12.4. The van der Waals surface area contributed by atoms with Crippen molar-refractivity contribution in [1.82, 2.24) is 0 Å². The molecule has 24 heavy (non-hydrogen) atoms. The fourth-order valence-electron chi connectivity index (χ4n) is 2.64. The van der Waals surface area contributed by atoms with Gasteiger partial charge in [0.1, 0.15) is 11.5 Å². The minimum Gasteiger partial charge on any atom is -0.507 e. The van der Waals surface area contributed by atoms with E-state index in [0.717, 1.165) is 32.1 Å². The first kappa shape index (κ1) is 18.1. The van der Waals surface area contributed by atoms with Crippen LogP contribution in [0.25, 0.3) is 0 Å². The number of aromatic hydroxyl groups is 1. The lowest BCUT2D eigenvalue weighted by molar-refractivity contribution is 0.103. The highest BCUT2D eigenvalue weighted by Gasteiger charge is 2.15. The van der Waals surface area contributed by atoms with Gasteiger partial charge in [0.2, 0.25) is 0 Å². The highest BCUT2D eigenvalue weighted by Crippen LogP contribution is 2.27. The summed E-state index contributed by atoms with van der Waals surface area (Å²) in [5, 5.41) is 10.2. The van der Waals surface area contributed by atoms with E-state index in [0.29, 0.717) is 11.3 Å². The fraction of sp³-hybridized carbons (Fsp3) is 0.333. The van der Waals surface area contributed by atoms with Crippen LogP contribution in [-0.2, 0) is 0 Å². The zero-order valence-corrected chi connectivity index (χ0v) is 14.2. The summed E-state index contributed by atoms with van der Waals surface area (Å²) in [6.45, 7) is 6.04. The third-order valence-corrected chi connectivity index (χ3v) is 3.96. The van der Waals surface area contributed by atoms with E-state index in [1.54, 1.807) is 36.4 Å². The first-order chi connectivity index (χ1) is 11.7. The third kappa shape index (κ3) is 4.85. The van der Waals surface area contributed by atoms with Gasteiger partial charge in [-0.25, -0.2) is 0 Å². The first-order valence-electron chi connectivity index (χ1n) is 8.54. The van der Waals surface area contributed by atoms with Crippen LogP contribution in [0.2, 0.25) is 0 Å². The number of hydrogen-bond donors (Lipinski definition) is 1. The Kier molecular flexibility index (Phi) is 6.86. The molecule has 0 bridgehead atoms. The Morgan fingerprint density at radius 1 is 1.17 bits per heavy atom. The second-order valence-corrected chi connectivity index (χ2v) is 5.90. The van der Waals surface area contributed by atoms with Crippen LogP contribution in [0.1, 0.15) is 54.9 Å². The van der Waals surface area contributed by atoms with E-state index < -0.39 is 0 Å².